The quantitative estimate of drug-likeness (QED) is 0.362. The van der Waals surface area contributed by atoms with E-state index in [0.717, 1.165) is 37.8 Å². The number of carbonyl (C=O) groups excluding carboxylic acids is 1. The number of hydrogen-bond donors (Lipinski definition) is 0. The Morgan fingerprint density at radius 3 is 2.43 bits per heavy atom. The molecule has 0 N–H and O–H groups in total. The Kier molecular flexibility index (Phi) is 5.98. The molecule has 0 amide bonds. The summed E-state index contributed by atoms with van der Waals surface area (Å²) in [6, 6.07) is 1.77. The van der Waals surface area contributed by atoms with Gasteiger partial charge >= 0.3 is 0 Å². The fraction of sp³-hybridized carbons (Fsp3) is 0.880. The van der Waals surface area contributed by atoms with E-state index in [4.69, 9.17) is 4.43 Å². The first-order chi connectivity index (χ1) is 14.0. The van der Waals surface area contributed by atoms with Crippen molar-refractivity contribution in [1.82, 2.24) is 0 Å². The van der Waals surface area contributed by atoms with Gasteiger partial charge < -0.3 is 8.89 Å². The maximum Gasteiger partial charge on any atom is 0.276 e. The third-order valence-corrected chi connectivity index (χ3v) is 12.1. The van der Waals surface area contributed by atoms with Crippen LogP contribution >= 0.6 is 0 Å². The smallest absolute Gasteiger partial charge is 0.276 e. The lowest BCUT2D eigenvalue weighted by Gasteiger charge is -2.59. The molecule has 5 heteroatoms. The average molecular weight is 447 g/mol. The third kappa shape index (κ3) is 3.81. The molecule has 0 aromatic rings. The number of ketones is 1. The molecule has 4 aliphatic rings. The molecule has 3 fully saturated rings. The van der Waals surface area contributed by atoms with Gasteiger partial charge in [0.05, 0.1) is 6.10 Å². The molecule has 0 bridgehead atoms. The third-order valence-electron chi connectivity index (χ3n) is 9.32. The molecule has 0 saturated heterocycles. The van der Waals surface area contributed by atoms with Crippen molar-refractivity contribution in [2.24, 2.45) is 34.5 Å². The summed E-state index contributed by atoms with van der Waals surface area (Å²) < 4.78 is 19.2. The molecular formula is C25H42O3Si2. The molecule has 30 heavy (non-hydrogen) atoms. The van der Waals surface area contributed by atoms with Gasteiger partial charge in [-0.05, 0) is 99.3 Å². The molecule has 4 unspecified atom stereocenters. The minimum atomic E-state index is -1.71. The van der Waals surface area contributed by atoms with E-state index in [1.54, 1.807) is 5.57 Å². The number of Topliss-reactive ketones (excluding diaryl/α,β-unsaturated/α-hetero) is 1. The normalized spacial score (nSPS) is 43.5. The number of rotatable bonds is 5. The Morgan fingerprint density at radius 2 is 1.77 bits per heavy atom. The summed E-state index contributed by atoms with van der Waals surface area (Å²) in [5.41, 5.74) is 1.72. The Labute approximate surface area is 186 Å². The van der Waals surface area contributed by atoms with Gasteiger partial charge in [-0.3, -0.25) is 4.79 Å². The van der Waals surface area contributed by atoms with Crippen LogP contribution in [0, 0.1) is 34.5 Å². The molecule has 0 aliphatic heterocycles. The van der Waals surface area contributed by atoms with E-state index < -0.39 is 17.0 Å². The van der Waals surface area contributed by atoms with Gasteiger partial charge in [-0.15, -0.1) is 0 Å². The summed E-state index contributed by atoms with van der Waals surface area (Å²) in [4.78, 5) is 12.9. The first kappa shape index (κ1) is 22.8. The van der Waals surface area contributed by atoms with E-state index in [-0.39, 0.29) is 16.9 Å². The molecule has 0 radical (unpaired) electrons. The Bertz CT molecular complexity index is 754. The van der Waals surface area contributed by atoms with Crippen LogP contribution in [0.4, 0.5) is 0 Å². The summed E-state index contributed by atoms with van der Waals surface area (Å²) in [6.45, 7) is 13.7. The van der Waals surface area contributed by atoms with Crippen LogP contribution in [0.1, 0.15) is 65.7 Å². The molecule has 3 saturated carbocycles. The van der Waals surface area contributed by atoms with Crippen LogP contribution in [-0.2, 0) is 13.7 Å². The fourth-order valence-electron chi connectivity index (χ4n) is 7.63. The Morgan fingerprint density at radius 1 is 1.10 bits per heavy atom. The fourth-order valence-corrected chi connectivity index (χ4v) is 9.96. The summed E-state index contributed by atoms with van der Waals surface area (Å²) in [6.07, 6.45) is 10.3. The van der Waals surface area contributed by atoms with Crippen LogP contribution in [0.25, 0.3) is 0 Å². The average Bonchev–Trinajstić information content (AvgIpc) is 2.96. The highest BCUT2D eigenvalue weighted by atomic mass is 28.4. The van der Waals surface area contributed by atoms with Crippen molar-refractivity contribution >= 4 is 22.8 Å². The summed E-state index contributed by atoms with van der Waals surface area (Å²) in [5, 5.41) is 0. The number of hydrogen-bond acceptors (Lipinski definition) is 3. The second kappa shape index (κ2) is 7.88. The lowest BCUT2D eigenvalue weighted by molar-refractivity contribution is -0.134. The molecule has 4 aliphatic carbocycles. The van der Waals surface area contributed by atoms with Crippen molar-refractivity contribution in [2.75, 3.05) is 0 Å². The predicted octanol–water partition coefficient (Wildman–Crippen LogP) is 6.41. The van der Waals surface area contributed by atoms with Crippen molar-refractivity contribution in [3.8, 4) is 0 Å². The van der Waals surface area contributed by atoms with Gasteiger partial charge in [0.2, 0.25) is 0 Å². The van der Waals surface area contributed by atoms with Gasteiger partial charge in [-0.25, -0.2) is 0 Å². The number of fused-ring (bicyclic) bond motifs is 5. The van der Waals surface area contributed by atoms with Gasteiger partial charge in [0, 0.05) is 11.8 Å². The van der Waals surface area contributed by atoms with E-state index in [9.17, 15) is 9.26 Å². The predicted molar refractivity (Wildman–Crippen MR) is 126 cm³/mol. The first-order valence-corrected chi connectivity index (χ1v) is 17.6. The van der Waals surface area contributed by atoms with Gasteiger partial charge in [0.15, 0.2) is 8.32 Å². The maximum atomic E-state index is 12.9. The van der Waals surface area contributed by atoms with Crippen molar-refractivity contribution in [3.63, 3.8) is 0 Å². The minimum absolute atomic E-state index is 0.123. The molecular weight excluding hydrogens is 404 g/mol. The molecule has 0 aromatic heterocycles. The summed E-state index contributed by atoms with van der Waals surface area (Å²) in [7, 11) is -3.12. The molecule has 0 spiro atoms. The monoisotopic (exact) mass is 446 g/mol. The minimum Gasteiger partial charge on any atom is -0.411 e. The summed E-state index contributed by atoms with van der Waals surface area (Å²) in [5.74, 6) is 2.69. The molecule has 0 heterocycles. The highest BCUT2D eigenvalue weighted by Gasteiger charge is 2.61. The Balaban J connectivity index is 1.70. The van der Waals surface area contributed by atoms with Crippen molar-refractivity contribution < 1.29 is 13.7 Å². The molecule has 7 atom stereocenters. The Hall–Kier alpha value is -0.396. The van der Waals surface area contributed by atoms with E-state index >= 15 is 0 Å². The first-order valence-electron chi connectivity index (χ1n) is 12.4. The second-order valence-electron chi connectivity index (χ2n) is 12.2. The van der Waals surface area contributed by atoms with E-state index in [2.05, 4.69) is 46.5 Å². The molecule has 4 rings (SSSR count). The van der Waals surface area contributed by atoms with Crippen LogP contribution < -0.4 is 0 Å². The SMILES string of the molecule is CC[Si](=O)C[C@H]1CC[C@@]2(C)C(=CC(O[Si](C)(C)C)C3C2CC[C@]2(C)C(=O)CCC32)C1. The topological polar surface area (TPSA) is 43.4 Å². The van der Waals surface area contributed by atoms with Crippen LogP contribution in [0.3, 0.4) is 0 Å². The largest absolute Gasteiger partial charge is 0.411 e. The zero-order valence-corrected chi connectivity index (χ0v) is 22.1. The molecule has 168 valence electrons. The van der Waals surface area contributed by atoms with Gasteiger partial charge in [0.1, 0.15) is 5.78 Å². The van der Waals surface area contributed by atoms with Crippen molar-refractivity contribution in [2.45, 2.75) is 104 Å². The van der Waals surface area contributed by atoms with Gasteiger partial charge in [-0.2, -0.15) is 0 Å². The molecule has 3 nitrogen and oxygen atoms in total. The van der Waals surface area contributed by atoms with Crippen LogP contribution in [0.5, 0.6) is 0 Å². The lowest BCUT2D eigenvalue weighted by atomic mass is 9.47. The van der Waals surface area contributed by atoms with E-state index in [0.29, 0.717) is 29.5 Å². The van der Waals surface area contributed by atoms with Crippen molar-refractivity contribution in [1.29, 1.82) is 0 Å². The van der Waals surface area contributed by atoms with Crippen LogP contribution in [0.15, 0.2) is 11.6 Å². The van der Waals surface area contributed by atoms with Gasteiger partial charge in [-0.1, -0.05) is 32.4 Å². The van der Waals surface area contributed by atoms with Crippen molar-refractivity contribution in [3.05, 3.63) is 11.6 Å². The van der Waals surface area contributed by atoms with Gasteiger partial charge in [0.25, 0.3) is 8.68 Å². The highest BCUT2D eigenvalue weighted by Crippen LogP contribution is 2.65. The maximum absolute atomic E-state index is 12.9. The number of carbonyl (C=O) groups is 1. The summed E-state index contributed by atoms with van der Waals surface area (Å²) >= 11 is 0. The zero-order valence-electron chi connectivity index (χ0n) is 20.1. The molecule has 0 aromatic carbocycles. The van der Waals surface area contributed by atoms with Crippen LogP contribution in [-0.4, -0.2) is 28.9 Å². The number of allylic oxidation sites excluding steroid dienone is 1. The highest BCUT2D eigenvalue weighted by molar-refractivity contribution is 6.69. The standard InChI is InChI=1S/C25H42O3Si2/c1-7-29(27)16-17-10-12-24(2)18(14-17)15-21(28-30(4,5)6)23-19-8-9-22(26)25(19,3)13-11-20(23)24/h15,17,19-21,23H,7-14,16H2,1-6H3/t17-,19?,20?,21?,23?,24-,25-/m0/s1. The zero-order chi connectivity index (χ0) is 21.9. The van der Waals surface area contributed by atoms with E-state index in [1.165, 1.54) is 19.3 Å². The lowest BCUT2D eigenvalue weighted by Crippen LogP contribution is -2.56. The van der Waals surface area contributed by atoms with Crippen LogP contribution in [0.2, 0.25) is 31.7 Å². The van der Waals surface area contributed by atoms with E-state index in [1.807, 2.05) is 0 Å². The second-order valence-corrected chi connectivity index (χ2v) is 18.9.